The molecule has 1 aliphatic heterocycles. The summed E-state index contributed by atoms with van der Waals surface area (Å²) in [6.45, 7) is 4.11. The molecule has 8 heteroatoms. The fourth-order valence-electron chi connectivity index (χ4n) is 4.68. The number of nitrogens with zero attached hydrogens (tertiary/aromatic N) is 4. The summed E-state index contributed by atoms with van der Waals surface area (Å²) in [5.41, 5.74) is 4.31. The number of halogens is 1. The van der Waals surface area contributed by atoms with Crippen LogP contribution in [0.1, 0.15) is 18.5 Å². The number of hydrogen-bond donors (Lipinski definition) is 0. The Morgan fingerprint density at radius 1 is 1.15 bits per heavy atom. The van der Waals surface area contributed by atoms with Gasteiger partial charge in [-0.3, -0.25) is 14.1 Å². The third kappa shape index (κ3) is 3.88. The molecule has 1 saturated carbocycles. The van der Waals surface area contributed by atoms with Crippen molar-refractivity contribution in [1.29, 1.82) is 0 Å². The first-order valence-corrected chi connectivity index (χ1v) is 12.5. The predicted molar refractivity (Wildman–Crippen MR) is 132 cm³/mol. The number of imidazole rings is 1. The van der Waals surface area contributed by atoms with Crippen molar-refractivity contribution >= 4 is 44.0 Å². The average molecular weight is 481 g/mol. The zero-order chi connectivity index (χ0) is 22.5. The van der Waals surface area contributed by atoms with E-state index in [2.05, 4.69) is 21.4 Å². The maximum absolute atomic E-state index is 12.5. The van der Waals surface area contributed by atoms with Crippen LogP contribution >= 0.6 is 22.9 Å². The molecule has 0 bridgehead atoms. The van der Waals surface area contributed by atoms with E-state index >= 15 is 0 Å². The minimum atomic E-state index is 0.287. The zero-order valence-corrected chi connectivity index (χ0v) is 20.0. The van der Waals surface area contributed by atoms with Gasteiger partial charge >= 0.3 is 0 Å². The lowest BCUT2D eigenvalue weighted by atomic mass is 10.1. The van der Waals surface area contributed by atoms with Crippen LogP contribution in [-0.4, -0.2) is 58.4 Å². The molecule has 2 fully saturated rings. The van der Waals surface area contributed by atoms with Gasteiger partial charge in [-0.15, -0.1) is 0 Å². The van der Waals surface area contributed by atoms with Gasteiger partial charge in [0.15, 0.2) is 4.96 Å². The van der Waals surface area contributed by atoms with Crippen molar-refractivity contribution in [3.63, 3.8) is 0 Å². The molecule has 0 spiro atoms. The van der Waals surface area contributed by atoms with Gasteiger partial charge in [-0.05, 0) is 43.2 Å². The fourth-order valence-corrected chi connectivity index (χ4v) is 6.00. The highest BCUT2D eigenvalue weighted by molar-refractivity contribution is 7.23. The third-order valence-electron chi connectivity index (χ3n) is 6.63. The molecule has 1 saturated heterocycles. The van der Waals surface area contributed by atoms with E-state index in [1.54, 1.807) is 18.4 Å². The Kier molecular flexibility index (Phi) is 5.28. The first kappa shape index (κ1) is 21.0. The van der Waals surface area contributed by atoms with Gasteiger partial charge in [-0.1, -0.05) is 35.1 Å². The molecular weight excluding hydrogens is 456 g/mol. The second kappa shape index (κ2) is 8.31. The second-order valence-corrected chi connectivity index (χ2v) is 10.3. The van der Waals surface area contributed by atoms with E-state index in [9.17, 15) is 4.79 Å². The molecule has 0 N–H and O–H groups in total. The average Bonchev–Trinajstić information content (AvgIpc) is 3.55. The molecule has 2 aliphatic rings. The summed E-state index contributed by atoms with van der Waals surface area (Å²) < 4.78 is 8.87. The maximum atomic E-state index is 12.5. The summed E-state index contributed by atoms with van der Waals surface area (Å²) in [6.07, 6.45) is 2.12. The number of thiazole rings is 1. The molecule has 2 aromatic carbocycles. The van der Waals surface area contributed by atoms with Crippen LogP contribution in [0.25, 0.3) is 26.4 Å². The summed E-state index contributed by atoms with van der Waals surface area (Å²) >= 11 is 7.91. The largest absolute Gasteiger partial charge is 0.497 e. The van der Waals surface area contributed by atoms with E-state index in [0.29, 0.717) is 5.91 Å². The number of carbonyl (C=O) groups is 1. The van der Waals surface area contributed by atoms with Gasteiger partial charge in [0.2, 0.25) is 5.91 Å². The molecule has 0 radical (unpaired) electrons. The van der Waals surface area contributed by atoms with Gasteiger partial charge in [0.05, 0.1) is 28.7 Å². The first-order valence-electron chi connectivity index (χ1n) is 11.4. The van der Waals surface area contributed by atoms with E-state index in [4.69, 9.17) is 21.3 Å². The number of methoxy groups -OCH3 is 1. The van der Waals surface area contributed by atoms with Crippen LogP contribution < -0.4 is 4.74 Å². The summed E-state index contributed by atoms with van der Waals surface area (Å²) in [4.78, 5) is 23.0. The van der Waals surface area contributed by atoms with Crippen LogP contribution in [0.4, 0.5) is 0 Å². The van der Waals surface area contributed by atoms with E-state index in [0.717, 1.165) is 88.5 Å². The molecule has 33 heavy (non-hydrogen) atoms. The Balaban J connectivity index is 1.37. The van der Waals surface area contributed by atoms with Gasteiger partial charge in [0.25, 0.3) is 0 Å². The molecule has 0 atom stereocenters. The Labute approximate surface area is 201 Å². The number of rotatable bonds is 5. The number of piperazine rings is 1. The summed E-state index contributed by atoms with van der Waals surface area (Å²) in [5, 5.41) is 0.734. The normalized spacial score (nSPS) is 17.2. The van der Waals surface area contributed by atoms with Crippen LogP contribution in [0.2, 0.25) is 5.02 Å². The lowest BCUT2D eigenvalue weighted by molar-refractivity contribution is -0.134. The zero-order valence-electron chi connectivity index (χ0n) is 18.5. The van der Waals surface area contributed by atoms with E-state index < -0.39 is 0 Å². The number of hydrogen-bond acceptors (Lipinski definition) is 5. The van der Waals surface area contributed by atoms with E-state index in [1.165, 1.54) is 0 Å². The molecule has 2 aromatic heterocycles. The number of benzene rings is 2. The summed E-state index contributed by atoms with van der Waals surface area (Å²) in [5.74, 6) is 1.45. The van der Waals surface area contributed by atoms with Gasteiger partial charge in [0.1, 0.15) is 5.75 Å². The number of amides is 1. The lowest BCUT2D eigenvalue weighted by Gasteiger charge is -2.34. The summed E-state index contributed by atoms with van der Waals surface area (Å²) in [7, 11) is 1.69. The predicted octanol–water partition coefficient (Wildman–Crippen LogP) is 4.93. The SMILES string of the molecule is COc1cccc(-c2nc3sc4cc(Cl)ccc4n3c2CN2CCN(C(=O)C3CC3)CC2)c1. The van der Waals surface area contributed by atoms with Crippen molar-refractivity contribution in [2.45, 2.75) is 19.4 Å². The van der Waals surface area contributed by atoms with Crippen LogP contribution in [-0.2, 0) is 11.3 Å². The van der Waals surface area contributed by atoms with Crippen LogP contribution in [0.3, 0.4) is 0 Å². The van der Waals surface area contributed by atoms with Crippen molar-refractivity contribution in [3.05, 3.63) is 53.2 Å². The van der Waals surface area contributed by atoms with Crippen LogP contribution in [0.5, 0.6) is 5.75 Å². The van der Waals surface area contributed by atoms with Crippen molar-refractivity contribution in [2.75, 3.05) is 33.3 Å². The Hall–Kier alpha value is -2.61. The van der Waals surface area contributed by atoms with Crippen molar-refractivity contribution < 1.29 is 9.53 Å². The topological polar surface area (TPSA) is 50.1 Å². The Morgan fingerprint density at radius 3 is 2.73 bits per heavy atom. The van der Waals surface area contributed by atoms with Crippen molar-refractivity contribution in [2.24, 2.45) is 5.92 Å². The Morgan fingerprint density at radius 2 is 1.97 bits per heavy atom. The number of ether oxygens (including phenoxy) is 1. The minimum absolute atomic E-state index is 0.287. The molecule has 6 rings (SSSR count). The third-order valence-corrected chi connectivity index (χ3v) is 7.87. The first-order chi connectivity index (χ1) is 16.1. The standard InChI is InChI=1S/C25H25ClN4O2S/c1-32-19-4-2-3-17(13-19)23-21(15-28-9-11-29(12-10-28)24(31)16-5-6-16)30-20-8-7-18(26)14-22(20)33-25(30)27-23/h2-4,7-8,13-14,16H,5-6,9-12,15H2,1H3. The molecule has 6 nitrogen and oxygen atoms in total. The molecule has 4 aromatic rings. The molecule has 3 heterocycles. The van der Waals surface area contributed by atoms with Crippen LogP contribution in [0.15, 0.2) is 42.5 Å². The highest BCUT2D eigenvalue weighted by atomic mass is 35.5. The quantitative estimate of drug-likeness (QED) is 0.406. The molecule has 170 valence electrons. The van der Waals surface area contributed by atoms with Gasteiger partial charge in [0, 0.05) is 49.2 Å². The van der Waals surface area contributed by atoms with Gasteiger partial charge in [-0.25, -0.2) is 4.98 Å². The van der Waals surface area contributed by atoms with Gasteiger partial charge < -0.3 is 9.64 Å². The second-order valence-electron chi connectivity index (χ2n) is 8.85. The monoisotopic (exact) mass is 480 g/mol. The van der Waals surface area contributed by atoms with Crippen LogP contribution in [0, 0.1) is 5.92 Å². The highest BCUT2D eigenvalue weighted by Gasteiger charge is 2.34. The lowest BCUT2D eigenvalue weighted by Crippen LogP contribution is -2.48. The van der Waals surface area contributed by atoms with E-state index in [1.807, 2.05) is 35.2 Å². The number of fused-ring (bicyclic) bond motifs is 3. The minimum Gasteiger partial charge on any atom is -0.497 e. The van der Waals surface area contributed by atoms with Gasteiger partial charge in [-0.2, -0.15) is 0 Å². The Bertz CT molecular complexity index is 1350. The fraction of sp³-hybridized carbons (Fsp3) is 0.360. The number of carbonyl (C=O) groups excluding carboxylic acids is 1. The van der Waals surface area contributed by atoms with Crippen molar-refractivity contribution in [1.82, 2.24) is 19.2 Å². The maximum Gasteiger partial charge on any atom is 0.225 e. The highest BCUT2D eigenvalue weighted by Crippen LogP contribution is 2.36. The van der Waals surface area contributed by atoms with E-state index in [-0.39, 0.29) is 5.92 Å². The van der Waals surface area contributed by atoms with Crippen molar-refractivity contribution in [3.8, 4) is 17.0 Å². The molecular formula is C25H25ClN4O2S. The molecule has 1 aliphatic carbocycles. The molecule has 0 unspecified atom stereocenters. The number of aromatic nitrogens is 2. The molecule has 1 amide bonds. The smallest absolute Gasteiger partial charge is 0.225 e. The summed E-state index contributed by atoms with van der Waals surface area (Å²) in [6, 6.07) is 14.1.